The van der Waals surface area contributed by atoms with Crippen LogP contribution in [0.15, 0.2) is 36.0 Å². The molecule has 0 fully saturated rings. The molecule has 0 rings (SSSR count). The third-order valence-corrected chi connectivity index (χ3v) is 1.97. The fraction of sp³-hybridized carbons (Fsp3) is 0.538. The standard InChI is InChI=1S/C13H22/c1-5-6-7-10-13(4)11-8-9-12(2)3/h5,9,11H,1,6-8,10H2,2-4H3. The first-order chi connectivity index (χ1) is 6.16. The summed E-state index contributed by atoms with van der Waals surface area (Å²) in [7, 11) is 0. The summed E-state index contributed by atoms with van der Waals surface area (Å²) in [6.07, 6.45) is 11.2. The van der Waals surface area contributed by atoms with Crippen molar-refractivity contribution in [3.63, 3.8) is 0 Å². The maximum absolute atomic E-state index is 3.71. The van der Waals surface area contributed by atoms with Crippen LogP contribution in [-0.2, 0) is 0 Å². The van der Waals surface area contributed by atoms with Crippen molar-refractivity contribution < 1.29 is 0 Å². The molecule has 0 aliphatic heterocycles. The average Bonchev–Trinajstić information content (AvgIpc) is 2.04. The Balaban J connectivity index is 3.62. The zero-order valence-corrected chi connectivity index (χ0v) is 9.27. The summed E-state index contributed by atoms with van der Waals surface area (Å²) in [6.45, 7) is 10.2. The van der Waals surface area contributed by atoms with Gasteiger partial charge in [0.25, 0.3) is 0 Å². The van der Waals surface area contributed by atoms with Gasteiger partial charge in [-0.25, -0.2) is 0 Å². The fourth-order valence-electron chi connectivity index (χ4n) is 1.12. The number of hydrogen-bond acceptors (Lipinski definition) is 0. The summed E-state index contributed by atoms with van der Waals surface area (Å²) in [4.78, 5) is 0. The molecule has 0 amide bonds. The third kappa shape index (κ3) is 9.13. The molecule has 0 radical (unpaired) electrons. The molecule has 0 N–H and O–H groups in total. The van der Waals surface area contributed by atoms with Crippen LogP contribution in [0.1, 0.15) is 46.5 Å². The maximum atomic E-state index is 3.71. The Morgan fingerprint density at radius 3 is 2.38 bits per heavy atom. The molecule has 0 saturated heterocycles. The smallest absolute Gasteiger partial charge is 0.0164 e. The summed E-state index contributed by atoms with van der Waals surface area (Å²) in [5.74, 6) is 0. The number of unbranched alkanes of at least 4 members (excludes halogenated alkanes) is 1. The van der Waals surface area contributed by atoms with Crippen LogP contribution in [0.2, 0.25) is 0 Å². The van der Waals surface area contributed by atoms with Gasteiger partial charge in [0.1, 0.15) is 0 Å². The molecule has 0 aromatic rings. The van der Waals surface area contributed by atoms with E-state index in [2.05, 4.69) is 39.5 Å². The lowest BCUT2D eigenvalue weighted by atomic mass is 10.1. The molecule has 0 atom stereocenters. The second-order valence-corrected chi connectivity index (χ2v) is 3.75. The zero-order valence-electron chi connectivity index (χ0n) is 9.27. The van der Waals surface area contributed by atoms with Crippen molar-refractivity contribution in [2.24, 2.45) is 0 Å². The van der Waals surface area contributed by atoms with E-state index < -0.39 is 0 Å². The summed E-state index contributed by atoms with van der Waals surface area (Å²) in [5.41, 5.74) is 2.90. The molecule has 0 unspecified atom stereocenters. The van der Waals surface area contributed by atoms with Crippen LogP contribution in [0.3, 0.4) is 0 Å². The van der Waals surface area contributed by atoms with Gasteiger partial charge >= 0.3 is 0 Å². The quantitative estimate of drug-likeness (QED) is 0.410. The van der Waals surface area contributed by atoms with Gasteiger partial charge in [-0.05, 0) is 46.5 Å². The summed E-state index contributed by atoms with van der Waals surface area (Å²) in [5, 5.41) is 0. The summed E-state index contributed by atoms with van der Waals surface area (Å²) in [6, 6.07) is 0. The van der Waals surface area contributed by atoms with E-state index in [1.807, 2.05) is 6.08 Å². The van der Waals surface area contributed by atoms with Crippen molar-refractivity contribution in [3.8, 4) is 0 Å². The Kier molecular flexibility index (Phi) is 7.38. The van der Waals surface area contributed by atoms with Gasteiger partial charge in [0.15, 0.2) is 0 Å². The summed E-state index contributed by atoms with van der Waals surface area (Å²) < 4.78 is 0. The molecular weight excluding hydrogens is 156 g/mol. The molecule has 0 aromatic heterocycles. The molecule has 0 bridgehead atoms. The van der Waals surface area contributed by atoms with Gasteiger partial charge in [0.2, 0.25) is 0 Å². The van der Waals surface area contributed by atoms with Crippen molar-refractivity contribution >= 4 is 0 Å². The Morgan fingerprint density at radius 2 is 1.85 bits per heavy atom. The van der Waals surface area contributed by atoms with Crippen molar-refractivity contribution in [1.29, 1.82) is 0 Å². The molecule has 0 heterocycles. The minimum absolute atomic E-state index is 1.09. The maximum Gasteiger partial charge on any atom is -0.0164 e. The second kappa shape index (κ2) is 7.85. The van der Waals surface area contributed by atoms with Gasteiger partial charge in [-0.2, -0.15) is 0 Å². The van der Waals surface area contributed by atoms with E-state index in [1.54, 1.807) is 0 Å². The van der Waals surface area contributed by atoms with Gasteiger partial charge in [0, 0.05) is 0 Å². The molecule has 0 aliphatic rings. The molecule has 13 heavy (non-hydrogen) atoms. The first-order valence-corrected chi connectivity index (χ1v) is 5.06. The number of allylic oxidation sites excluding steroid dienone is 5. The van der Waals surface area contributed by atoms with Gasteiger partial charge in [-0.3, -0.25) is 0 Å². The minimum atomic E-state index is 1.09. The van der Waals surface area contributed by atoms with E-state index in [0.29, 0.717) is 0 Å². The predicted molar refractivity (Wildman–Crippen MR) is 61.9 cm³/mol. The molecular formula is C13H22. The number of hydrogen-bond donors (Lipinski definition) is 0. The fourth-order valence-corrected chi connectivity index (χ4v) is 1.12. The monoisotopic (exact) mass is 178 g/mol. The van der Waals surface area contributed by atoms with Crippen LogP contribution >= 0.6 is 0 Å². The Morgan fingerprint density at radius 1 is 1.15 bits per heavy atom. The van der Waals surface area contributed by atoms with Crippen LogP contribution in [-0.4, -0.2) is 0 Å². The highest BCUT2D eigenvalue weighted by molar-refractivity contribution is 5.04. The highest BCUT2D eigenvalue weighted by Crippen LogP contribution is 2.08. The van der Waals surface area contributed by atoms with E-state index in [4.69, 9.17) is 0 Å². The van der Waals surface area contributed by atoms with Crippen molar-refractivity contribution in [1.82, 2.24) is 0 Å². The lowest BCUT2D eigenvalue weighted by Gasteiger charge is -1.98. The van der Waals surface area contributed by atoms with Crippen LogP contribution < -0.4 is 0 Å². The van der Waals surface area contributed by atoms with Gasteiger partial charge < -0.3 is 0 Å². The lowest BCUT2D eigenvalue weighted by Crippen LogP contribution is -1.77. The van der Waals surface area contributed by atoms with E-state index in [0.717, 1.165) is 12.8 Å². The zero-order chi connectivity index (χ0) is 10.1. The third-order valence-electron chi connectivity index (χ3n) is 1.97. The van der Waals surface area contributed by atoms with E-state index in [1.165, 1.54) is 24.0 Å². The molecule has 0 aromatic carbocycles. The van der Waals surface area contributed by atoms with Crippen LogP contribution in [0.25, 0.3) is 0 Å². The molecule has 0 nitrogen and oxygen atoms in total. The van der Waals surface area contributed by atoms with Crippen molar-refractivity contribution in [3.05, 3.63) is 36.0 Å². The topological polar surface area (TPSA) is 0 Å². The lowest BCUT2D eigenvalue weighted by molar-refractivity contribution is 0.830. The average molecular weight is 178 g/mol. The van der Waals surface area contributed by atoms with Gasteiger partial charge in [-0.15, -0.1) is 6.58 Å². The van der Waals surface area contributed by atoms with Crippen molar-refractivity contribution in [2.75, 3.05) is 0 Å². The SMILES string of the molecule is C=CCCCC(C)=CCC=C(C)C. The Hall–Kier alpha value is -0.780. The molecule has 0 heteroatoms. The van der Waals surface area contributed by atoms with E-state index >= 15 is 0 Å². The number of rotatable bonds is 6. The van der Waals surface area contributed by atoms with E-state index in [9.17, 15) is 0 Å². The van der Waals surface area contributed by atoms with Crippen LogP contribution in [0, 0.1) is 0 Å². The summed E-state index contributed by atoms with van der Waals surface area (Å²) >= 11 is 0. The normalized spacial score (nSPS) is 11.2. The first-order valence-electron chi connectivity index (χ1n) is 5.06. The van der Waals surface area contributed by atoms with Gasteiger partial charge in [0.05, 0.1) is 0 Å². The minimum Gasteiger partial charge on any atom is -0.103 e. The Labute approximate surface area is 83.0 Å². The molecule has 0 saturated carbocycles. The Bertz CT molecular complexity index is 190. The first kappa shape index (κ1) is 12.2. The molecule has 74 valence electrons. The van der Waals surface area contributed by atoms with Crippen LogP contribution in [0.5, 0.6) is 0 Å². The second-order valence-electron chi connectivity index (χ2n) is 3.75. The van der Waals surface area contributed by atoms with Gasteiger partial charge in [-0.1, -0.05) is 29.4 Å². The molecule has 0 spiro atoms. The largest absolute Gasteiger partial charge is 0.103 e. The van der Waals surface area contributed by atoms with Crippen LogP contribution in [0.4, 0.5) is 0 Å². The van der Waals surface area contributed by atoms with Crippen molar-refractivity contribution in [2.45, 2.75) is 46.5 Å². The highest BCUT2D eigenvalue weighted by atomic mass is 13.9. The molecule has 0 aliphatic carbocycles. The van der Waals surface area contributed by atoms with E-state index in [-0.39, 0.29) is 0 Å². The highest BCUT2D eigenvalue weighted by Gasteiger charge is 1.88. The predicted octanol–water partition coefficient (Wildman–Crippen LogP) is 4.65.